The fourth-order valence-corrected chi connectivity index (χ4v) is 7.03. The first kappa shape index (κ1) is 22.6. The van der Waals surface area contributed by atoms with Gasteiger partial charge in [0.15, 0.2) is 6.29 Å². The normalized spacial score (nSPS) is 29.9. The van der Waals surface area contributed by atoms with Gasteiger partial charge in [-0.25, -0.2) is 4.79 Å². The number of nitrogens with one attached hydrogen (secondary N) is 1. The highest BCUT2D eigenvalue weighted by Gasteiger charge is 2.61. The highest BCUT2D eigenvalue weighted by atomic mass is 16.7. The lowest BCUT2D eigenvalue weighted by molar-refractivity contribution is -0.136. The van der Waals surface area contributed by atoms with E-state index in [1.54, 1.807) is 0 Å². The maximum atomic E-state index is 13.1. The summed E-state index contributed by atoms with van der Waals surface area (Å²) < 4.78 is 17.2. The van der Waals surface area contributed by atoms with Gasteiger partial charge in [0.05, 0.1) is 31.3 Å². The smallest absolute Gasteiger partial charge is 0.335 e. The molecular weight excluding hydrogens is 416 g/mol. The van der Waals surface area contributed by atoms with Gasteiger partial charge >= 0.3 is 5.97 Å². The first-order valence-corrected chi connectivity index (χ1v) is 12.4. The van der Waals surface area contributed by atoms with Crippen molar-refractivity contribution in [1.82, 2.24) is 4.90 Å². The lowest BCUT2D eigenvalue weighted by atomic mass is 9.61. The van der Waals surface area contributed by atoms with Crippen molar-refractivity contribution >= 4 is 11.7 Å². The molecule has 0 saturated carbocycles. The minimum absolute atomic E-state index is 0.143. The highest BCUT2D eigenvalue weighted by molar-refractivity contribution is 5.93. The Bertz CT molecular complexity index is 938. The second-order valence-corrected chi connectivity index (χ2v) is 9.82. The molecule has 0 amide bonds. The predicted molar refractivity (Wildman–Crippen MR) is 128 cm³/mol. The number of methoxy groups -OCH3 is 1. The van der Waals surface area contributed by atoms with Gasteiger partial charge < -0.3 is 19.5 Å². The summed E-state index contributed by atoms with van der Waals surface area (Å²) in [6, 6.07) is 8.84. The van der Waals surface area contributed by atoms with Crippen LogP contribution in [0.2, 0.25) is 0 Å². The van der Waals surface area contributed by atoms with Crippen molar-refractivity contribution in [2.75, 3.05) is 38.7 Å². The van der Waals surface area contributed by atoms with E-state index >= 15 is 0 Å². The fourth-order valence-electron chi connectivity index (χ4n) is 7.03. The molecule has 3 unspecified atom stereocenters. The Balaban J connectivity index is 1.60. The summed E-state index contributed by atoms with van der Waals surface area (Å²) >= 11 is 0. The van der Waals surface area contributed by atoms with Crippen LogP contribution < -0.4 is 5.32 Å². The first-order valence-electron chi connectivity index (χ1n) is 12.4. The number of hydrogen-bond acceptors (Lipinski definition) is 6. The Morgan fingerprint density at radius 3 is 2.88 bits per heavy atom. The van der Waals surface area contributed by atoms with Crippen LogP contribution >= 0.6 is 0 Å². The van der Waals surface area contributed by atoms with E-state index in [0.717, 1.165) is 55.7 Å². The van der Waals surface area contributed by atoms with Gasteiger partial charge in [0.1, 0.15) is 0 Å². The average molecular weight is 453 g/mol. The summed E-state index contributed by atoms with van der Waals surface area (Å²) in [5.41, 5.74) is 4.07. The zero-order chi connectivity index (χ0) is 23.0. The molecule has 4 atom stereocenters. The van der Waals surface area contributed by atoms with Gasteiger partial charge in [0.25, 0.3) is 0 Å². The molecule has 33 heavy (non-hydrogen) atoms. The molecule has 0 bridgehead atoms. The molecule has 3 aliphatic heterocycles. The van der Waals surface area contributed by atoms with E-state index < -0.39 is 0 Å². The molecule has 6 heteroatoms. The Morgan fingerprint density at radius 2 is 2.15 bits per heavy atom. The molecule has 6 nitrogen and oxygen atoms in total. The molecule has 178 valence electrons. The first-order chi connectivity index (χ1) is 16.1. The van der Waals surface area contributed by atoms with Gasteiger partial charge in [-0.05, 0) is 43.2 Å². The molecule has 2 fully saturated rings. The monoisotopic (exact) mass is 452 g/mol. The highest BCUT2D eigenvalue weighted by Crippen LogP contribution is 2.59. The van der Waals surface area contributed by atoms with E-state index in [4.69, 9.17) is 14.2 Å². The Kier molecular flexibility index (Phi) is 6.34. The van der Waals surface area contributed by atoms with Gasteiger partial charge in [-0.15, -0.1) is 6.58 Å². The largest absolute Gasteiger partial charge is 0.466 e. The molecule has 0 aromatic heterocycles. The summed E-state index contributed by atoms with van der Waals surface area (Å²) in [5, 5.41) is 3.66. The van der Waals surface area contributed by atoms with Crippen molar-refractivity contribution in [2.24, 2.45) is 11.8 Å². The number of carbonyl (C=O) groups excluding carboxylic acids is 1. The summed E-state index contributed by atoms with van der Waals surface area (Å²) in [4.78, 5) is 15.6. The molecule has 3 heterocycles. The Labute approximate surface area is 197 Å². The van der Waals surface area contributed by atoms with Crippen molar-refractivity contribution < 1.29 is 19.0 Å². The molecule has 2 saturated heterocycles. The van der Waals surface area contributed by atoms with Gasteiger partial charge in [0.2, 0.25) is 0 Å². The van der Waals surface area contributed by atoms with E-state index in [2.05, 4.69) is 48.0 Å². The molecule has 1 aromatic rings. The van der Waals surface area contributed by atoms with Gasteiger partial charge in [-0.1, -0.05) is 37.6 Å². The zero-order valence-electron chi connectivity index (χ0n) is 19.8. The van der Waals surface area contributed by atoms with Crippen molar-refractivity contribution in [3.63, 3.8) is 0 Å². The molecule has 0 radical (unpaired) electrons. The third-order valence-corrected chi connectivity index (χ3v) is 8.11. The molecule has 1 spiro atoms. The number of ether oxygens (including phenoxy) is 3. The second kappa shape index (κ2) is 9.24. The van der Waals surface area contributed by atoms with Crippen molar-refractivity contribution in [3.05, 3.63) is 53.8 Å². The summed E-state index contributed by atoms with van der Waals surface area (Å²) in [6.45, 7) is 9.43. The number of hydrogen-bond donors (Lipinski definition) is 1. The quantitative estimate of drug-likeness (QED) is 0.470. The molecular formula is C27H36N2O4. The van der Waals surface area contributed by atoms with E-state index in [0.29, 0.717) is 31.5 Å². The lowest BCUT2D eigenvalue weighted by Crippen LogP contribution is -2.52. The summed E-state index contributed by atoms with van der Waals surface area (Å²) in [6.07, 6.45) is 6.66. The standard InChI is InChI=1S/C27H36N2O4/c1-4-8-18(26-32-14-15-33-26)16-19-17-20(25(30)31-3)23-27(11-13-29(12-5-2)24(19)27)21-9-6-7-10-22(21)28-23/h5-7,9-10,18-19,24,26,28H,2,4,8,11-17H2,1,3H3/t18?,19-,24?,27?/m1/s1. The molecule has 1 N–H and O–H groups in total. The number of anilines is 1. The number of fused-ring (bicyclic) bond motifs is 1. The van der Waals surface area contributed by atoms with E-state index in [9.17, 15) is 4.79 Å². The maximum Gasteiger partial charge on any atom is 0.335 e. The van der Waals surface area contributed by atoms with Crippen LogP contribution in [0.15, 0.2) is 48.2 Å². The maximum absolute atomic E-state index is 13.1. The number of nitrogens with zero attached hydrogens (tertiary/aromatic N) is 1. The Hall–Kier alpha value is -2.15. The van der Waals surface area contributed by atoms with Crippen molar-refractivity contribution in [3.8, 4) is 0 Å². The van der Waals surface area contributed by atoms with Gasteiger partial charge in [0, 0.05) is 36.4 Å². The number of carbonyl (C=O) groups is 1. The van der Waals surface area contributed by atoms with Crippen LogP contribution in [-0.4, -0.2) is 56.6 Å². The lowest BCUT2D eigenvalue weighted by Gasteiger charge is -2.46. The van der Waals surface area contributed by atoms with Crippen molar-refractivity contribution in [2.45, 2.75) is 56.8 Å². The molecule has 1 aliphatic carbocycles. The molecule has 5 rings (SSSR count). The Morgan fingerprint density at radius 1 is 1.36 bits per heavy atom. The number of rotatable bonds is 8. The number of esters is 1. The number of benzene rings is 1. The van der Waals surface area contributed by atoms with Crippen LogP contribution in [-0.2, 0) is 24.4 Å². The molecule has 4 aliphatic rings. The zero-order valence-corrected chi connectivity index (χ0v) is 19.8. The minimum Gasteiger partial charge on any atom is -0.466 e. The topological polar surface area (TPSA) is 60.0 Å². The van der Waals surface area contributed by atoms with Gasteiger partial charge in [-0.3, -0.25) is 4.90 Å². The third-order valence-electron chi connectivity index (χ3n) is 8.11. The fraction of sp³-hybridized carbons (Fsp3) is 0.593. The van der Waals surface area contributed by atoms with Crippen molar-refractivity contribution in [1.29, 1.82) is 0 Å². The summed E-state index contributed by atoms with van der Waals surface area (Å²) in [5.74, 6) is 0.397. The van der Waals surface area contributed by atoms with Crippen LogP contribution in [0.3, 0.4) is 0 Å². The second-order valence-electron chi connectivity index (χ2n) is 9.82. The molecule has 1 aromatic carbocycles. The van der Waals surface area contributed by atoms with Gasteiger partial charge in [-0.2, -0.15) is 0 Å². The third kappa shape index (κ3) is 3.63. The predicted octanol–water partition coefficient (Wildman–Crippen LogP) is 4.24. The van der Waals surface area contributed by atoms with E-state index in [1.807, 2.05) is 6.08 Å². The minimum atomic E-state index is -0.222. The van der Waals surface area contributed by atoms with Crippen LogP contribution in [0.1, 0.15) is 44.6 Å². The average Bonchev–Trinajstić information content (AvgIpc) is 3.56. The number of para-hydroxylation sites is 1. The van der Waals surface area contributed by atoms with E-state index in [-0.39, 0.29) is 23.7 Å². The van der Waals surface area contributed by atoms with Crippen LogP contribution in [0, 0.1) is 11.8 Å². The van der Waals surface area contributed by atoms with Crippen LogP contribution in [0.5, 0.6) is 0 Å². The van der Waals surface area contributed by atoms with E-state index in [1.165, 1.54) is 12.7 Å². The van der Waals surface area contributed by atoms with Crippen LogP contribution in [0.25, 0.3) is 0 Å². The number of likely N-dealkylation sites (tertiary alicyclic amines) is 1. The SMILES string of the molecule is C=CCN1CCC23C(=C(C(=O)OC)C[C@@H](CC(CCC)C4OCCO4)C12)Nc1ccccc13. The summed E-state index contributed by atoms with van der Waals surface area (Å²) in [7, 11) is 1.49. The van der Waals surface area contributed by atoms with Crippen LogP contribution in [0.4, 0.5) is 5.69 Å².